The van der Waals surface area contributed by atoms with Crippen molar-refractivity contribution in [3.63, 3.8) is 0 Å². The second-order valence-electron chi connectivity index (χ2n) is 9.83. The molecule has 0 unspecified atom stereocenters. The Morgan fingerprint density at radius 1 is 0.952 bits per heavy atom. The molecule has 1 aliphatic rings. The molecule has 1 saturated heterocycles. The van der Waals surface area contributed by atoms with Crippen molar-refractivity contribution in [1.29, 1.82) is 0 Å². The van der Waals surface area contributed by atoms with Crippen LogP contribution in [0.1, 0.15) is 41.1 Å². The molecule has 220 valence electrons. The fraction of sp³-hybridized carbons (Fsp3) is 0.267. The molecule has 2 N–H and O–H groups in total. The molecule has 7 nitrogen and oxygen atoms in total. The van der Waals surface area contributed by atoms with Gasteiger partial charge in [0, 0.05) is 18.5 Å². The third-order valence-corrected chi connectivity index (χ3v) is 8.16. The third-order valence-electron chi connectivity index (χ3n) is 6.88. The molecule has 0 spiro atoms. The molecular weight excluding hydrogens is 644 g/mol. The number of imidazole rings is 1. The summed E-state index contributed by atoms with van der Waals surface area (Å²) < 4.78 is 12.7. The number of halogens is 5. The molecule has 4 aromatic rings. The number of nitrogens with one attached hydrogen (secondary N) is 1. The predicted octanol–water partition coefficient (Wildman–Crippen LogP) is 7.58. The molecular formula is C30H26Cl5N3O4. The molecule has 2 heterocycles. The largest absolute Gasteiger partial charge is 0.392 e. The first-order chi connectivity index (χ1) is 20.1. The van der Waals surface area contributed by atoms with Gasteiger partial charge < -0.3 is 24.5 Å². The quantitative estimate of drug-likeness (QED) is 0.189. The molecule has 1 aromatic heterocycles. The molecule has 0 aliphatic carbocycles. The van der Waals surface area contributed by atoms with Gasteiger partial charge in [-0.05, 0) is 39.9 Å². The van der Waals surface area contributed by atoms with Crippen LogP contribution in [0.4, 0.5) is 0 Å². The number of rotatable bonds is 8. The number of aliphatic hydroxyl groups excluding tert-OH is 1. The van der Waals surface area contributed by atoms with E-state index in [1.807, 2.05) is 72.8 Å². The van der Waals surface area contributed by atoms with E-state index in [2.05, 4.69) is 10.3 Å². The standard InChI is InChI=1S/C30H26Cl5N3O4/c31-26-27(32)38(17-37-26)15-24-13-25(20-9-7-18(16-39)8-10-20)42-28(41-24)23-6-2-5-22(12-23)21-4-1-3-19(11-21)14-36-29(40)30(33,34)35/h1-12,17,24-25,28,39H,13-16H2,(H,36,40)/t24-,25+,28+/m0/s1. The molecule has 1 fully saturated rings. The summed E-state index contributed by atoms with van der Waals surface area (Å²) in [5, 5.41) is 12.7. The van der Waals surface area contributed by atoms with Crippen LogP contribution < -0.4 is 5.32 Å². The van der Waals surface area contributed by atoms with E-state index in [0.29, 0.717) is 18.1 Å². The zero-order valence-electron chi connectivity index (χ0n) is 22.0. The van der Waals surface area contributed by atoms with Gasteiger partial charge >= 0.3 is 0 Å². The third kappa shape index (κ3) is 7.59. The number of alkyl halides is 3. The number of hydrogen-bond acceptors (Lipinski definition) is 5. The van der Waals surface area contributed by atoms with Crippen LogP contribution in [0.5, 0.6) is 0 Å². The monoisotopic (exact) mass is 667 g/mol. The van der Waals surface area contributed by atoms with Crippen LogP contribution in [-0.2, 0) is 34.0 Å². The Balaban J connectivity index is 1.39. The fourth-order valence-corrected chi connectivity index (χ4v) is 5.24. The number of carbonyl (C=O) groups is 1. The molecule has 0 bridgehead atoms. The summed E-state index contributed by atoms with van der Waals surface area (Å²) in [6.07, 6.45) is 0.960. The zero-order chi connectivity index (χ0) is 29.9. The summed E-state index contributed by atoms with van der Waals surface area (Å²) in [5.74, 6) is -0.694. The smallest absolute Gasteiger partial charge is 0.272 e. The molecule has 0 saturated carbocycles. The van der Waals surface area contributed by atoms with E-state index in [4.69, 9.17) is 67.5 Å². The van der Waals surface area contributed by atoms with Crippen molar-refractivity contribution in [1.82, 2.24) is 14.9 Å². The lowest BCUT2D eigenvalue weighted by Gasteiger charge is -2.36. The molecule has 3 atom stereocenters. The summed E-state index contributed by atoms with van der Waals surface area (Å²) in [4.78, 5) is 16.1. The lowest BCUT2D eigenvalue weighted by atomic mass is 9.98. The lowest BCUT2D eigenvalue weighted by molar-refractivity contribution is -0.252. The maximum absolute atomic E-state index is 12.0. The average Bonchev–Trinajstić information content (AvgIpc) is 3.31. The normalized spacial score (nSPS) is 19.0. The maximum atomic E-state index is 12.0. The molecule has 5 rings (SSSR count). The molecule has 1 aliphatic heterocycles. The summed E-state index contributed by atoms with van der Waals surface area (Å²) in [6, 6.07) is 23.3. The highest BCUT2D eigenvalue weighted by molar-refractivity contribution is 6.76. The lowest BCUT2D eigenvalue weighted by Crippen LogP contribution is -2.33. The number of aliphatic hydroxyl groups is 1. The van der Waals surface area contributed by atoms with Crippen LogP contribution in [0.25, 0.3) is 11.1 Å². The highest BCUT2D eigenvalue weighted by Gasteiger charge is 2.33. The minimum absolute atomic E-state index is 0.0344. The Morgan fingerprint density at radius 2 is 1.67 bits per heavy atom. The average molecular weight is 670 g/mol. The molecule has 3 aromatic carbocycles. The number of carbonyl (C=O) groups excluding carboxylic acids is 1. The van der Waals surface area contributed by atoms with E-state index in [0.717, 1.165) is 33.4 Å². The van der Waals surface area contributed by atoms with E-state index in [9.17, 15) is 9.90 Å². The van der Waals surface area contributed by atoms with Crippen LogP contribution in [-0.4, -0.2) is 30.5 Å². The van der Waals surface area contributed by atoms with Gasteiger partial charge in [-0.2, -0.15) is 0 Å². The van der Waals surface area contributed by atoms with Gasteiger partial charge in [-0.3, -0.25) is 4.79 Å². The first-order valence-electron chi connectivity index (χ1n) is 13.0. The van der Waals surface area contributed by atoms with Crippen LogP contribution in [0.3, 0.4) is 0 Å². The second-order valence-corrected chi connectivity index (χ2v) is 12.8. The topological polar surface area (TPSA) is 85.6 Å². The highest BCUT2D eigenvalue weighted by atomic mass is 35.6. The number of nitrogens with zero attached hydrogens (tertiary/aromatic N) is 2. The number of ether oxygens (including phenoxy) is 2. The maximum Gasteiger partial charge on any atom is 0.272 e. The van der Waals surface area contributed by atoms with Gasteiger partial charge in [0.25, 0.3) is 9.70 Å². The summed E-state index contributed by atoms with van der Waals surface area (Å²) in [7, 11) is 0. The minimum Gasteiger partial charge on any atom is -0.392 e. The van der Waals surface area contributed by atoms with Crippen LogP contribution in [0.2, 0.25) is 10.3 Å². The minimum atomic E-state index is -2.03. The van der Waals surface area contributed by atoms with E-state index in [1.165, 1.54) is 0 Å². The van der Waals surface area contributed by atoms with Gasteiger partial charge in [0.1, 0.15) is 5.15 Å². The second kappa shape index (κ2) is 13.5. The van der Waals surface area contributed by atoms with Crippen molar-refractivity contribution in [2.45, 2.75) is 48.4 Å². The number of amides is 1. The Labute approximate surface area is 268 Å². The van der Waals surface area contributed by atoms with Crippen molar-refractivity contribution in [3.8, 4) is 11.1 Å². The van der Waals surface area contributed by atoms with Crippen LogP contribution >= 0.6 is 58.0 Å². The fourth-order valence-electron chi connectivity index (χ4n) is 4.73. The van der Waals surface area contributed by atoms with Gasteiger partial charge in [0.2, 0.25) is 0 Å². The zero-order valence-corrected chi connectivity index (χ0v) is 25.8. The Morgan fingerprint density at radius 3 is 2.33 bits per heavy atom. The van der Waals surface area contributed by atoms with Crippen molar-refractivity contribution in [2.75, 3.05) is 0 Å². The van der Waals surface area contributed by atoms with E-state index in [1.54, 1.807) is 10.9 Å². The number of aromatic nitrogens is 2. The molecule has 1 amide bonds. The van der Waals surface area contributed by atoms with Gasteiger partial charge in [-0.25, -0.2) is 4.98 Å². The van der Waals surface area contributed by atoms with Crippen molar-refractivity contribution < 1.29 is 19.4 Å². The molecule has 42 heavy (non-hydrogen) atoms. The number of benzene rings is 3. The first-order valence-corrected chi connectivity index (χ1v) is 14.9. The van der Waals surface area contributed by atoms with E-state index >= 15 is 0 Å². The van der Waals surface area contributed by atoms with Gasteiger partial charge in [0.15, 0.2) is 11.4 Å². The van der Waals surface area contributed by atoms with Crippen molar-refractivity contribution >= 4 is 63.9 Å². The predicted molar refractivity (Wildman–Crippen MR) is 165 cm³/mol. The van der Waals surface area contributed by atoms with Crippen molar-refractivity contribution in [2.24, 2.45) is 0 Å². The van der Waals surface area contributed by atoms with E-state index in [-0.39, 0.29) is 30.5 Å². The number of hydrogen-bond donors (Lipinski definition) is 2. The Hall–Kier alpha value is -2.33. The van der Waals surface area contributed by atoms with Gasteiger partial charge in [-0.15, -0.1) is 0 Å². The van der Waals surface area contributed by atoms with Crippen LogP contribution in [0.15, 0.2) is 79.1 Å². The van der Waals surface area contributed by atoms with Crippen molar-refractivity contribution in [3.05, 3.63) is 112 Å². The highest BCUT2D eigenvalue weighted by Crippen LogP contribution is 2.39. The summed E-state index contributed by atoms with van der Waals surface area (Å²) in [5.41, 5.74) is 5.33. The Kier molecular flexibility index (Phi) is 10.0. The van der Waals surface area contributed by atoms with Gasteiger partial charge in [-0.1, -0.05) is 119 Å². The molecule has 12 heteroatoms. The van der Waals surface area contributed by atoms with E-state index < -0.39 is 16.0 Å². The van der Waals surface area contributed by atoms with Gasteiger partial charge in [0.05, 0.1) is 31.7 Å². The first kappa shape index (κ1) is 31.1. The summed E-state index contributed by atoms with van der Waals surface area (Å²) in [6.45, 7) is 0.604. The summed E-state index contributed by atoms with van der Waals surface area (Å²) >= 11 is 29.4. The Bertz CT molecular complexity index is 1540. The van der Waals surface area contributed by atoms with Crippen LogP contribution in [0, 0.1) is 0 Å². The molecule has 0 radical (unpaired) electrons. The SMILES string of the molecule is O=C(NCc1cccc(-c2cccc([C@@H]3O[C@H](Cn4cnc(Cl)c4Cl)C[C@H](c4ccc(CO)cc4)O3)c2)c1)C(Cl)(Cl)Cl.